The second-order valence-electron chi connectivity index (χ2n) is 5.44. The average molecular weight is 336 g/mol. The number of fused-ring (bicyclic) bond motifs is 1. The zero-order valence-electron chi connectivity index (χ0n) is 11.3. The van der Waals surface area contributed by atoms with Gasteiger partial charge in [0.2, 0.25) is 0 Å². The van der Waals surface area contributed by atoms with E-state index in [4.69, 9.17) is 4.74 Å². The van der Waals surface area contributed by atoms with Gasteiger partial charge < -0.3 is 4.74 Å². The topological polar surface area (TPSA) is 29.5 Å². The summed E-state index contributed by atoms with van der Waals surface area (Å²) in [4.78, 5) is 14.5. The maximum Gasteiger partial charge on any atom is 0.335 e. The number of nitrogens with zero attached hydrogens (tertiary/aromatic N) is 1. The van der Waals surface area contributed by atoms with Gasteiger partial charge in [0, 0.05) is 17.1 Å². The molecule has 0 aliphatic carbocycles. The molecule has 0 N–H and O–H groups in total. The standard InChI is InChI=1S/C16H18BrNO2/c17-14-6-4-12(5-7-14)9-13-10-18-8-2-1-3-15(18)11-20-16(13)19/h4-7,9,15H,1-3,8,10-11H2/b13-9-. The molecular formula is C16H18BrNO2. The predicted octanol–water partition coefficient (Wildman–Crippen LogP) is 3.24. The molecule has 0 bridgehead atoms. The highest BCUT2D eigenvalue weighted by Gasteiger charge is 2.29. The van der Waals surface area contributed by atoms with Crippen LogP contribution in [0.25, 0.3) is 6.08 Å². The van der Waals surface area contributed by atoms with E-state index in [2.05, 4.69) is 20.8 Å². The third-order valence-corrected chi connectivity index (χ3v) is 4.53. The largest absolute Gasteiger partial charge is 0.461 e. The first-order valence-corrected chi connectivity index (χ1v) is 7.89. The molecule has 20 heavy (non-hydrogen) atoms. The number of cyclic esters (lactones) is 1. The van der Waals surface area contributed by atoms with Crippen LogP contribution in [0.1, 0.15) is 24.8 Å². The van der Waals surface area contributed by atoms with Crippen molar-refractivity contribution in [2.75, 3.05) is 19.7 Å². The number of esters is 1. The zero-order chi connectivity index (χ0) is 13.9. The third kappa shape index (κ3) is 3.13. The van der Waals surface area contributed by atoms with Crippen LogP contribution in [0.2, 0.25) is 0 Å². The number of ether oxygens (including phenoxy) is 1. The van der Waals surface area contributed by atoms with Crippen molar-refractivity contribution in [3.8, 4) is 0 Å². The molecule has 0 amide bonds. The third-order valence-electron chi connectivity index (χ3n) is 4.00. The summed E-state index contributed by atoms with van der Waals surface area (Å²) < 4.78 is 6.46. The van der Waals surface area contributed by atoms with Gasteiger partial charge in [-0.15, -0.1) is 0 Å². The lowest BCUT2D eigenvalue weighted by Gasteiger charge is -2.32. The Labute approximate surface area is 127 Å². The second-order valence-corrected chi connectivity index (χ2v) is 6.36. The van der Waals surface area contributed by atoms with Crippen molar-refractivity contribution in [3.63, 3.8) is 0 Å². The van der Waals surface area contributed by atoms with Crippen molar-refractivity contribution in [1.29, 1.82) is 0 Å². The summed E-state index contributed by atoms with van der Waals surface area (Å²) in [6.45, 7) is 2.31. The minimum absolute atomic E-state index is 0.165. The number of rotatable bonds is 1. The fraction of sp³-hybridized carbons (Fsp3) is 0.438. The molecule has 1 aromatic carbocycles. The Morgan fingerprint density at radius 3 is 2.85 bits per heavy atom. The van der Waals surface area contributed by atoms with E-state index in [1.54, 1.807) is 0 Å². The summed E-state index contributed by atoms with van der Waals surface area (Å²) in [6.07, 6.45) is 5.55. The summed E-state index contributed by atoms with van der Waals surface area (Å²) in [7, 11) is 0. The number of halogens is 1. The summed E-state index contributed by atoms with van der Waals surface area (Å²) in [5, 5.41) is 0. The highest BCUT2D eigenvalue weighted by Crippen LogP contribution is 2.23. The Morgan fingerprint density at radius 2 is 2.05 bits per heavy atom. The molecule has 0 spiro atoms. The Bertz CT molecular complexity index is 524. The lowest BCUT2D eigenvalue weighted by atomic mass is 10.0. The summed E-state index contributed by atoms with van der Waals surface area (Å²) in [6, 6.07) is 8.38. The van der Waals surface area contributed by atoms with E-state index < -0.39 is 0 Å². The predicted molar refractivity (Wildman–Crippen MR) is 82.3 cm³/mol. The first kappa shape index (κ1) is 13.8. The molecule has 0 aromatic heterocycles. The van der Waals surface area contributed by atoms with Crippen LogP contribution in [0.3, 0.4) is 0 Å². The first-order valence-electron chi connectivity index (χ1n) is 7.10. The monoisotopic (exact) mass is 335 g/mol. The maximum absolute atomic E-state index is 12.1. The van der Waals surface area contributed by atoms with Crippen LogP contribution in [0.4, 0.5) is 0 Å². The van der Waals surface area contributed by atoms with Gasteiger partial charge in [-0.25, -0.2) is 4.79 Å². The number of hydrogen-bond donors (Lipinski definition) is 0. The van der Waals surface area contributed by atoms with Crippen LogP contribution in [-0.4, -0.2) is 36.6 Å². The zero-order valence-corrected chi connectivity index (χ0v) is 12.9. The van der Waals surface area contributed by atoms with Gasteiger partial charge in [0.15, 0.2) is 0 Å². The maximum atomic E-state index is 12.1. The fourth-order valence-electron chi connectivity index (χ4n) is 2.87. The van der Waals surface area contributed by atoms with Crippen molar-refractivity contribution in [1.82, 2.24) is 4.90 Å². The molecule has 1 atom stereocenters. The van der Waals surface area contributed by atoms with Crippen molar-refractivity contribution in [3.05, 3.63) is 39.9 Å². The highest BCUT2D eigenvalue weighted by atomic mass is 79.9. The number of piperidine rings is 1. The minimum Gasteiger partial charge on any atom is -0.461 e. The molecule has 0 radical (unpaired) electrons. The van der Waals surface area contributed by atoms with Gasteiger partial charge in [-0.3, -0.25) is 4.90 Å². The number of hydrogen-bond acceptors (Lipinski definition) is 3. The summed E-state index contributed by atoms with van der Waals surface area (Å²) in [5.41, 5.74) is 1.80. The van der Waals surface area contributed by atoms with Crippen LogP contribution < -0.4 is 0 Å². The molecular weight excluding hydrogens is 318 g/mol. The highest BCUT2D eigenvalue weighted by molar-refractivity contribution is 9.10. The summed E-state index contributed by atoms with van der Waals surface area (Å²) >= 11 is 3.42. The van der Waals surface area contributed by atoms with E-state index in [1.165, 1.54) is 12.8 Å². The van der Waals surface area contributed by atoms with Gasteiger partial charge in [-0.2, -0.15) is 0 Å². The van der Waals surface area contributed by atoms with E-state index in [-0.39, 0.29) is 5.97 Å². The normalized spacial score (nSPS) is 25.9. The molecule has 2 saturated heterocycles. The van der Waals surface area contributed by atoms with E-state index in [9.17, 15) is 4.79 Å². The van der Waals surface area contributed by atoms with Crippen molar-refractivity contribution < 1.29 is 9.53 Å². The van der Waals surface area contributed by atoms with Crippen molar-refractivity contribution >= 4 is 28.0 Å². The van der Waals surface area contributed by atoms with E-state index in [1.807, 2.05) is 30.3 Å². The van der Waals surface area contributed by atoms with E-state index in [0.717, 1.165) is 28.6 Å². The van der Waals surface area contributed by atoms with Gasteiger partial charge in [0.25, 0.3) is 0 Å². The number of benzene rings is 1. The Balaban J connectivity index is 1.83. The van der Waals surface area contributed by atoms with Crippen LogP contribution in [0, 0.1) is 0 Å². The molecule has 2 fully saturated rings. The van der Waals surface area contributed by atoms with Gasteiger partial charge in [-0.1, -0.05) is 34.5 Å². The molecule has 1 unspecified atom stereocenters. The van der Waals surface area contributed by atoms with Crippen molar-refractivity contribution in [2.45, 2.75) is 25.3 Å². The fourth-order valence-corrected chi connectivity index (χ4v) is 3.13. The SMILES string of the molecule is O=C1OCC2CCCCN2C/C1=C/c1ccc(Br)cc1. The Morgan fingerprint density at radius 1 is 1.25 bits per heavy atom. The van der Waals surface area contributed by atoms with Crippen molar-refractivity contribution in [2.24, 2.45) is 0 Å². The van der Waals surface area contributed by atoms with Crippen LogP contribution in [0.5, 0.6) is 0 Å². The molecule has 106 valence electrons. The van der Waals surface area contributed by atoms with E-state index >= 15 is 0 Å². The molecule has 3 rings (SSSR count). The molecule has 0 saturated carbocycles. The van der Waals surface area contributed by atoms with Crippen LogP contribution >= 0.6 is 15.9 Å². The van der Waals surface area contributed by atoms with Crippen LogP contribution in [-0.2, 0) is 9.53 Å². The first-order chi connectivity index (χ1) is 9.72. The summed E-state index contributed by atoms with van der Waals surface area (Å²) in [5.74, 6) is -0.165. The Kier molecular flexibility index (Phi) is 4.22. The van der Waals surface area contributed by atoms with Crippen LogP contribution in [0.15, 0.2) is 34.3 Å². The molecule has 1 aromatic rings. The Hall–Kier alpha value is -1.13. The average Bonchev–Trinajstić information content (AvgIpc) is 2.62. The van der Waals surface area contributed by atoms with Gasteiger partial charge in [0.05, 0.1) is 5.57 Å². The lowest BCUT2D eigenvalue weighted by Crippen LogP contribution is -2.41. The minimum atomic E-state index is -0.165. The smallest absolute Gasteiger partial charge is 0.335 e. The molecule has 4 heteroatoms. The number of carbonyl (C=O) groups is 1. The number of carbonyl (C=O) groups excluding carboxylic acids is 1. The molecule has 2 aliphatic heterocycles. The van der Waals surface area contributed by atoms with Gasteiger partial charge in [0.1, 0.15) is 6.61 Å². The van der Waals surface area contributed by atoms with Gasteiger partial charge >= 0.3 is 5.97 Å². The van der Waals surface area contributed by atoms with E-state index in [0.29, 0.717) is 19.2 Å². The molecule has 2 aliphatic rings. The van der Waals surface area contributed by atoms with Gasteiger partial charge in [-0.05, 0) is 43.2 Å². The molecule has 3 nitrogen and oxygen atoms in total. The molecule has 2 heterocycles. The lowest BCUT2D eigenvalue weighted by molar-refractivity contribution is -0.139. The second kappa shape index (κ2) is 6.10. The quantitative estimate of drug-likeness (QED) is 0.582.